The van der Waals surface area contributed by atoms with Crippen molar-refractivity contribution in [1.29, 1.82) is 0 Å². The molecule has 2 N–H and O–H groups in total. The molecule has 27 heavy (non-hydrogen) atoms. The summed E-state index contributed by atoms with van der Waals surface area (Å²) in [5, 5.41) is 10.7. The lowest BCUT2D eigenvalue weighted by Crippen LogP contribution is -2.24. The highest BCUT2D eigenvalue weighted by Crippen LogP contribution is 2.17. The summed E-state index contributed by atoms with van der Waals surface area (Å²) in [6, 6.07) is 13.6. The number of pyridine rings is 1. The van der Waals surface area contributed by atoms with Gasteiger partial charge >= 0.3 is 0 Å². The molecule has 0 radical (unpaired) electrons. The maximum atomic E-state index is 12.6. The standard InChI is InChI=1S/C20H21N5O.ClH/c1-14-10-19(24-25(14)13-18-4-2-3-8-22-18)23-20(26)16-5-6-17-12-21-9-7-15(17)11-16;/h2-6,8,10-11,21H,7,9,12-13H2,1H3,(H,23,24,26);1H. The van der Waals surface area contributed by atoms with Crippen LogP contribution < -0.4 is 10.6 Å². The lowest BCUT2D eigenvalue weighted by molar-refractivity contribution is 0.102. The number of carbonyl (C=O) groups is 1. The zero-order chi connectivity index (χ0) is 17.9. The van der Waals surface area contributed by atoms with E-state index in [1.54, 1.807) is 6.20 Å². The number of amides is 1. The summed E-state index contributed by atoms with van der Waals surface area (Å²) >= 11 is 0. The Hall–Kier alpha value is -2.70. The normalized spacial score (nSPS) is 12.8. The van der Waals surface area contributed by atoms with Gasteiger partial charge in [0, 0.05) is 30.1 Å². The molecule has 0 atom stereocenters. The van der Waals surface area contributed by atoms with Crippen molar-refractivity contribution >= 4 is 24.1 Å². The maximum Gasteiger partial charge on any atom is 0.256 e. The minimum atomic E-state index is -0.131. The summed E-state index contributed by atoms with van der Waals surface area (Å²) in [6.45, 7) is 4.37. The van der Waals surface area contributed by atoms with E-state index in [1.807, 2.05) is 54.1 Å². The van der Waals surface area contributed by atoms with Gasteiger partial charge in [-0.05, 0) is 55.3 Å². The van der Waals surface area contributed by atoms with Crippen LogP contribution in [0.1, 0.15) is 32.9 Å². The number of hydrogen-bond acceptors (Lipinski definition) is 4. The fourth-order valence-electron chi connectivity index (χ4n) is 3.18. The van der Waals surface area contributed by atoms with Crippen LogP contribution in [-0.4, -0.2) is 27.2 Å². The Bertz CT molecular complexity index is 939. The third kappa shape index (κ3) is 4.35. The van der Waals surface area contributed by atoms with Gasteiger partial charge in [-0.25, -0.2) is 0 Å². The third-order valence-electron chi connectivity index (χ3n) is 4.62. The van der Waals surface area contributed by atoms with E-state index < -0.39 is 0 Å². The largest absolute Gasteiger partial charge is 0.312 e. The first-order valence-corrected chi connectivity index (χ1v) is 8.77. The molecule has 3 aromatic rings. The van der Waals surface area contributed by atoms with Gasteiger partial charge in [0.05, 0.1) is 12.2 Å². The van der Waals surface area contributed by atoms with Crippen molar-refractivity contribution in [2.45, 2.75) is 26.4 Å². The molecule has 0 saturated carbocycles. The lowest BCUT2D eigenvalue weighted by atomic mass is 9.98. The third-order valence-corrected chi connectivity index (χ3v) is 4.62. The van der Waals surface area contributed by atoms with Gasteiger partial charge in [0.15, 0.2) is 5.82 Å². The number of nitrogens with one attached hydrogen (secondary N) is 2. The summed E-state index contributed by atoms with van der Waals surface area (Å²) in [5.41, 5.74) is 5.08. The van der Waals surface area contributed by atoms with Crippen LogP contribution in [0.2, 0.25) is 0 Å². The molecule has 0 saturated heterocycles. The first kappa shape index (κ1) is 19.1. The van der Waals surface area contributed by atoms with E-state index >= 15 is 0 Å². The molecule has 7 heteroatoms. The van der Waals surface area contributed by atoms with Crippen LogP contribution in [0, 0.1) is 6.92 Å². The second kappa shape index (κ2) is 8.33. The predicted molar refractivity (Wildman–Crippen MR) is 107 cm³/mol. The highest BCUT2D eigenvalue weighted by atomic mass is 35.5. The van der Waals surface area contributed by atoms with Crippen molar-refractivity contribution in [2.24, 2.45) is 0 Å². The monoisotopic (exact) mass is 383 g/mol. The minimum Gasteiger partial charge on any atom is -0.312 e. The van der Waals surface area contributed by atoms with Crippen LogP contribution in [-0.2, 0) is 19.5 Å². The van der Waals surface area contributed by atoms with Crippen LogP contribution in [0.25, 0.3) is 0 Å². The molecule has 2 aromatic heterocycles. The summed E-state index contributed by atoms with van der Waals surface area (Å²) in [6.07, 6.45) is 2.72. The molecular weight excluding hydrogens is 362 g/mol. The first-order chi connectivity index (χ1) is 12.7. The fourth-order valence-corrected chi connectivity index (χ4v) is 3.18. The molecular formula is C20H22ClN5O. The molecule has 0 bridgehead atoms. The van der Waals surface area contributed by atoms with E-state index in [-0.39, 0.29) is 18.3 Å². The van der Waals surface area contributed by atoms with Crippen LogP contribution >= 0.6 is 12.4 Å². The molecule has 4 rings (SSSR count). The smallest absolute Gasteiger partial charge is 0.256 e. The number of nitrogens with zero attached hydrogens (tertiary/aromatic N) is 3. The molecule has 0 unspecified atom stereocenters. The zero-order valence-corrected chi connectivity index (χ0v) is 15.9. The maximum absolute atomic E-state index is 12.6. The van der Waals surface area contributed by atoms with Gasteiger partial charge in [-0.1, -0.05) is 12.1 Å². The Balaban J connectivity index is 0.00000210. The highest BCUT2D eigenvalue weighted by molar-refractivity contribution is 6.04. The van der Waals surface area contributed by atoms with Crippen LogP contribution in [0.3, 0.4) is 0 Å². The second-order valence-corrected chi connectivity index (χ2v) is 6.51. The SMILES string of the molecule is Cc1cc(NC(=O)c2ccc3c(c2)CCNC3)nn1Cc1ccccn1.Cl. The van der Waals surface area contributed by atoms with Crippen LogP contribution in [0.5, 0.6) is 0 Å². The van der Waals surface area contributed by atoms with Gasteiger partial charge in [0.25, 0.3) is 5.91 Å². The molecule has 1 aromatic carbocycles. The Morgan fingerprint density at radius 2 is 2.11 bits per heavy atom. The van der Waals surface area contributed by atoms with Crippen molar-refractivity contribution in [3.05, 3.63) is 76.7 Å². The number of benzene rings is 1. The number of halogens is 1. The Labute approximate surface area is 164 Å². The summed E-state index contributed by atoms with van der Waals surface area (Å²) < 4.78 is 1.84. The highest BCUT2D eigenvalue weighted by Gasteiger charge is 2.14. The van der Waals surface area contributed by atoms with Gasteiger partial charge in [-0.3, -0.25) is 14.5 Å². The van der Waals surface area contributed by atoms with E-state index in [9.17, 15) is 4.79 Å². The van der Waals surface area contributed by atoms with Gasteiger partial charge < -0.3 is 10.6 Å². The quantitative estimate of drug-likeness (QED) is 0.726. The van der Waals surface area contributed by atoms with Crippen LogP contribution in [0.4, 0.5) is 5.82 Å². The fraction of sp³-hybridized carbons (Fsp3) is 0.250. The van der Waals surface area contributed by atoms with Crippen molar-refractivity contribution in [3.63, 3.8) is 0 Å². The van der Waals surface area contributed by atoms with Crippen molar-refractivity contribution in [1.82, 2.24) is 20.1 Å². The number of rotatable bonds is 4. The molecule has 3 heterocycles. The van der Waals surface area contributed by atoms with Crippen molar-refractivity contribution in [2.75, 3.05) is 11.9 Å². The first-order valence-electron chi connectivity index (χ1n) is 8.77. The van der Waals surface area contributed by atoms with Crippen molar-refractivity contribution in [3.8, 4) is 0 Å². The predicted octanol–water partition coefficient (Wildman–Crippen LogP) is 2.95. The molecule has 1 aliphatic rings. The van der Waals surface area contributed by atoms with Gasteiger partial charge in [0.1, 0.15) is 0 Å². The molecule has 6 nitrogen and oxygen atoms in total. The Morgan fingerprint density at radius 3 is 2.93 bits per heavy atom. The van der Waals surface area contributed by atoms with Gasteiger partial charge in [-0.15, -0.1) is 12.4 Å². The molecule has 140 valence electrons. The molecule has 0 aliphatic carbocycles. The van der Waals surface area contributed by atoms with E-state index in [0.29, 0.717) is 17.9 Å². The van der Waals surface area contributed by atoms with Gasteiger partial charge in [0.2, 0.25) is 0 Å². The number of fused-ring (bicyclic) bond motifs is 1. The summed E-state index contributed by atoms with van der Waals surface area (Å²) in [5.74, 6) is 0.427. The van der Waals surface area contributed by atoms with Gasteiger partial charge in [-0.2, -0.15) is 5.10 Å². The van der Waals surface area contributed by atoms with E-state index in [1.165, 1.54) is 11.1 Å². The number of carbonyl (C=O) groups excluding carboxylic acids is 1. The molecule has 0 spiro atoms. The lowest BCUT2D eigenvalue weighted by Gasteiger charge is -2.17. The summed E-state index contributed by atoms with van der Waals surface area (Å²) in [7, 11) is 0. The average molecular weight is 384 g/mol. The topological polar surface area (TPSA) is 71.8 Å². The molecule has 1 aliphatic heterocycles. The van der Waals surface area contributed by atoms with Crippen molar-refractivity contribution < 1.29 is 4.79 Å². The average Bonchev–Trinajstić information content (AvgIpc) is 3.01. The molecule has 1 amide bonds. The zero-order valence-electron chi connectivity index (χ0n) is 15.1. The Kier molecular flexibility index (Phi) is 5.88. The van der Waals surface area contributed by atoms with E-state index in [0.717, 1.165) is 30.9 Å². The second-order valence-electron chi connectivity index (χ2n) is 6.51. The minimum absolute atomic E-state index is 0. The number of aryl methyl sites for hydroxylation is 1. The number of aromatic nitrogens is 3. The van der Waals surface area contributed by atoms with E-state index in [4.69, 9.17) is 0 Å². The summed E-state index contributed by atoms with van der Waals surface area (Å²) in [4.78, 5) is 16.9. The van der Waals surface area contributed by atoms with Crippen LogP contribution in [0.15, 0.2) is 48.7 Å². The Morgan fingerprint density at radius 1 is 1.22 bits per heavy atom. The molecule has 0 fully saturated rings. The van der Waals surface area contributed by atoms with E-state index in [2.05, 4.69) is 20.7 Å². The number of anilines is 1. The number of hydrogen-bond donors (Lipinski definition) is 2.